The lowest BCUT2D eigenvalue weighted by Gasteiger charge is -2.14. The van der Waals surface area contributed by atoms with Crippen molar-refractivity contribution in [1.82, 2.24) is 19.6 Å². The van der Waals surface area contributed by atoms with Gasteiger partial charge in [-0.3, -0.25) is 28.9 Å². The summed E-state index contributed by atoms with van der Waals surface area (Å²) in [6, 6.07) is 17.3. The SMILES string of the molecule is O=C(NO)c1ccc(Cn2c(=O)n(CCc3ccncc3)c(=O)c3ccccc32)cc1. The Morgan fingerprint density at radius 3 is 2.32 bits per heavy atom. The van der Waals surface area contributed by atoms with Gasteiger partial charge in [0, 0.05) is 24.5 Å². The van der Waals surface area contributed by atoms with Crippen LogP contribution in [0.2, 0.25) is 0 Å². The van der Waals surface area contributed by atoms with Crippen molar-refractivity contribution in [2.24, 2.45) is 0 Å². The second kappa shape index (κ2) is 8.76. The first-order valence-corrected chi connectivity index (χ1v) is 9.73. The summed E-state index contributed by atoms with van der Waals surface area (Å²) in [5, 5.41) is 9.22. The molecule has 0 radical (unpaired) electrons. The summed E-state index contributed by atoms with van der Waals surface area (Å²) in [4.78, 5) is 41.8. The van der Waals surface area contributed by atoms with E-state index in [-0.39, 0.29) is 18.6 Å². The number of para-hydroxylation sites is 1. The first kappa shape index (κ1) is 20.2. The number of hydroxylamine groups is 1. The van der Waals surface area contributed by atoms with Crippen LogP contribution in [-0.2, 0) is 19.5 Å². The Labute approximate surface area is 177 Å². The van der Waals surface area contributed by atoms with E-state index >= 15 is 0 Å². The van der Waals surface area contributed by atoms with Crippen LogP contribution in [-0.4, -0.2) is 25.2 Å². The van der Waals surface area contributed by atoms with E-state index in [4.69, 9.17) is 5.21 Å². The lowest BCUT2D eigenvalue weighted by atomic mass is 10.1. The summed E-state index contributed by atoms with van der Waals surface area (Å²) in [6.45, 7) is 0.484. The molecule has 1 amide bonds. The Hall–Kier alpha value is -4.04. The fourth-order valence-corrected chi connectivity index (χ4v) is 3.52. The maximum atomic E-state index is 13.3. The number of aryl methyl sites for hydroxylation is 1. The van der Waals surface area contributed by atoms with E-state index in [2.05, 4.69) is 4.98 Å². The largest absolute Gasteiger partial charge is 0.331 e. The van der Waals surface area contributed by atoms with Gasteiger partial charge >= 0.3 is 5.69 Å². The van der Waals surface area contributed by atoms with Crippen LogP contribution >= 0.6 is 0 Å². The molecule has 0 atom stereocenters. The molecular formula is C23H20N4O4. The number of rotatable bonds is 6. The third-order valence-electron chi connectivity index (χ3n) is 5.16. The molecule has 0 saturated carbocycles. The number of benzene rings is 2. The van der Waals surface area contributed by atoms with E-state index in [0.717, 1.165) is 11.1 Å². The average Bonchev–Trinajstić information content (AvgIpc) is 2.82. The number of carbonyl (C=O) groups excluding carboxylic acids is 1. The fourth-order valence-electron chi connectivity index (χ4n) is 3.52. The summed E-state index contributed by atoms with van der Waals surface area (Å²) >= 11 is 0. The monoisotopic (exact) mass is 416 g/mol. The summed E-state index contributed by atoms with van der Waals surface area (Å²) in [5.74, 6) is -0.612. The van der Waals surface area contributed by atoms with E-state index in [1.54, 1.807) is 71.0 Å². The van der Waals surface area contributed by atoms with Crippen LogP contribution in [0.15, 0.2) is 82.6 Å². The molecule has 0 aliphatic carbocycles. The van der Waals surface area contributed by atoms with Crippen molar-refractivity contribution in [3.8, 4) is 0 Å². The molecule has 0 aliphatic heterocycles. The number of amides is 1. The molecule has 0 unspecified atom stereocenters. The van der Waals surface area contributed by atoms with E-state index in [1.807, 2.05) is 12.1 Å². The standard InChI is InChI=1S/C23H20N4O4/c28-21(25-31)18-7-5-17(6-8-18)15-27-20-4-2-1-3-19(20)22(29)26(23(27)30)14-11-16-9-12-24-13-10-16/h1-10,12-13,31H,11,14-15H2,(H,25,28). The van der Waals surface area contributed by atoms with Gasteiger partial charge in [0.2, 0.25) is 0 Å². The highest BCUT2D eigenvalue weighted by molar-refractivity contribution is 5.93. The molecule has 2 heterocycles. The van der Waals surface area contributed by atoms with Gasteiger partial charge in [-0.05, 0) is 53.9 Å². The van der Waals surface area contributed by atoms with Crippen molar-refractivity contribution in [3.63, 3.8) is 0 Å². The Balaban J connectivity index is 1.74. The minimum absolute atomic E-state index is 0.232. The van der Waals surface area contributed by atoms with Gasteiger partial charge in [-0.25, -0.2) is 10.3 Å². The smallest absolute Gasteiger partial charge is 0.289 e. The quantitative estimate of drug-likeness (QED) is 0.369. The molecule has 2 aromatic heterocycles. The molecule has 0 aliphatic rings. The number of hydrogen-bond acceptors (Lipinski definition) is 5. The van der Waals surface area contributed by atoms with Gasteiger partial charge in [-0.1, -0.05) is 24.3 Å². The highest BCUT2D eigenvalue weighted by Gasteiger charge is 2.13. The predicted molar refractivity (Wildman–Crippen MR) is 115 cm³/mol. The number of carbonyl (C=O) groups is 1. The first-order valence-electron chi connectivity index (χ1n) is 9.73. The molecule has 8 nitrogen and oxygen atoms in total. The average molecular weight is 416 g/mol. The Morgan fingerprint density at radius 1 is 0.903 bits per heavy atom. The van der Waals surface area contributed by atoms with Gasteiger partial charge < -0.3 is 0 Å². The molecule has 4 rings (SSSR count). The minimum atomic E-state index is -0.612. The molecule has 0 saturated heterocycles. The molecule has 31 heavy (non-hydrogen) atoms. The second-order valence-electron chi connectivity index (χ2n) is 7.09. The van der Waals surface area contributed by atoms with E-state index in [1.165, 1.54) is 4.57 Å². The molecule has 2 aromatic carbocycles. The zero-order valence-corrected chi connectivity index (χ0v) is 16.6. The third kappa shape index (κ3) is 4.15. The molecule has 8 heteroatoms. The van der Waals surface area contributed by atoms with Crippen molar-refractivity contribution in [2.45, 2.75) is 19.5 Å². The van der Waals surface area contributed by atoms with Gasteiger partial charge in [-0.15, -0.1) is 0 Å². The zero-order chi connectivity index (χ0) is 21.8. The van der Waals surface area contributed by atoms with Crippen LogP contribution in [0.25, 0.3) is 10.9 Å². The van der Waals surface area contributed by atoms with Crippen LogP contribution in [0.5, 0.6) is 0 Å². The number of fused-ring (bicyclic) bond motifs is 1. The summed E-state index contributed by atoms with van der Waals surface area (Å²) in [7, 11) is 0. The lowest BCUT2D eigenvalue weighted by Crippen LogP contribution is -2.40. The zero-order valence-electron chi connectivity index (χ0n) is 16.6. The van der Waals surface area contributed by atoms with Crippen molar-refractivity contribution in [2.75, 3.05) is 0 Å². The lowest BCUT2D eigenvalue weighted by molar-refractivity contribution is 0.0706. The topological polar surface area (TPSA) is 106 Å². The van der Waals surface area contributed by atoms with Gasteiger partial charge in [0.1, 0.15) is 0 Å². The highest BCUT2D eigenvalue weighted by Crippen LogP contribution is 2.12. The maximum Gasteiger partial charge on any atom is 0.331 e. The number of hydrogen-bond donors (Lipinski definition) is 2. The van der Waals surface area contributed by atoms with E-state index in [9.17, 15) is 14.4 Å². The van der Waals surface area contributed by atoms with Crippen molar-refractivity contribution >= 4 is 16.8 Å². The maximum absolute atomic E-state index is 13.3. The Bertz CT molecular complexity index is 1340. The molecule has 156 valence electrons. The summed E-state index contributed by atoms with van der Waals surface area (Å²) in [5.41, 5.74) is 3.49. The molecule has 0 fully saturated rings. The minimum Gasteiger partial charge on any atom is -0.289 e. The van der Waals surface area contributed by atoms with Crippen molar-refractivity contribution < 1.29 is 10.0 Å². The van der Waals surface area contributed by atoms with Gasteiger partial charge in [0.15, 0.2) is 0 Å². The molecular weight excluding hydrogens is 396 g/mol. The Kier molecular flexibility index (Phi) is 5.72. The molecule has 2 N–H and O–H groups in total. The first-order chi connectivity index (χ1) is 15.1. The molecule has 0 bridgehead atoms. The Morgan fingerprint density at radius 2 is 1.61 bits per heavy atom. The van der Waals surface area contributed by atoms with E-state index < -0.39 is 11.6 Å². The normalized spacial score (nSPS) is 10.9. The van der Waals surface area contributed by atoms with Crippen LogP contribution in [0, 0.1) is 0 Å². The van der Waals surface area contributed by atoms with Gasteiger partial charge in [0.05, 0.1) is 17.4 Å². The summed E-state index contributed by atoms with van der Waals surface area (Å²) < 4.78 is 2.82. The third-order valence-corrected chi connectivity index (χ3v) is 5.16. The number of nitrogens with zero attached hydrogens (tertiary/aromatic N) is 3. The highest BCUT2D eigenvalue weighted by atomic mass is 16.5. The molecule has 0 spiro atoms. The van der Waals surface area contributed by atoms with Gasteiger partial charge in [0.25, 0.3) is 11.5 Å². The second-order valence-corrected chi connectivity index (χ2v) is 7.09. The summed E-state index contributed by atoms with van der Waals surface area (Å²) in [6.07, 6.45) is 3.88. The van der Waals surface area contributed by atoms with Crippen LogP contribution in [0.1, 0.15) is 21.5 Å². The van der Waals surface area contributed by atoms with Gasteiger partial charge in [-0.2, -0.15) is 0 Å². The number of pyridine rings is 1. The van der Waals surface area contributed by atoms with E-state index in [0.29, 0.717) is 22.9 Å². The number of aromatic nitrogens is 3. The van der Waals surface area contributed by atoms with Crippen LogP contribution in [0.4, 0.5) is 0 Å². The predicted octanol–water partition coefficient (Wildman–Crippen LogP) is 1.97. The van der Waals surface area contributed by atoms with Crippen LogP contribution in [0.3, 0.4) is 0 Å². The fraction of sp³-hybridized carbons (Fsp3) is 0.130. The van der Waals surface area contributed by atoms with Crippen molar-refractivity contribution in [1.29, 1.82) is 0 Å². The molecule has 4 aromatic rings. The van der Waals surface area contributed by atoms with Crippen molar-refractivity contribution in [3.05, 3.63) is 111 Å². The van der Waals surface area contributed by atoms with Crippen LogP contribution < -0.4 is 16.7 Å². The number of nitrogens with one attached hydrogen (secondary N) is 1.